The van der Waals surface area contributed by atoms with Crippen LogP contribution in [0.2, 0.25) is 0 Å². The third kappa shape index (κ3) is 19.7. The second kappa shape index (κ2) is 19.9. The van der Waals surface area contributed by atoms with Crippen LogP contribution < -0.4 is 10.6 Å². The van der Waals surface area contributed by atoms with Crippen LogP contribution in [0.25, 0.3) is 0 Å². The third-order valence-electron chi connectivity index (χ3n) is 3.43. The van der Waals surface area contributed by atoms with Crippen molar-refractivity contribution in [2.75, 3.05) is 72.6 Å². The van der Waals surface area contributed by atoms with E-state index in [0.717, 1.165) is 6.54 Å². The number of ether oxygens (including phenoxy) is 5. The second-order valence-electron chi connectivity index (χ2n) is 6.18. The average Bonchev–Trinajstić information content (AvgIpc) is 2.65. The molecule has 0 saturated heterocycles. The first kappa shape index (κ1) is 26.2. The Morgan fingerprint density at radius 2 is 1.30 bits per heavy atom. The van der Waals surface area contributed by atoms with Crippen LogP contribution in [-0.4, -0.2) is 97.3 Å². The van der Waals surface area contributed by atoms with Gasteiger partial charge in [-0.3, -0.25) is 4.79 Å². The molecule has 0 aliphatic rings. The lowest BCUT2D eigenvalue weighted by atomic mass is 10.2. The Kier molecular flexibility index (Phi) is 19.3. The van der Waals surface area contributed by atoms with Crippen LogP contribution >= 0.6 is 0 Å². The van der Waals surface area contributed by atoms with Crippen LogP contribution in [0.5, 0.6) is 0 Å². The van der Waals surface area contributed by atoms with Crippen LogP contribution in [0.1, 0.15) is 20.8 Å². The van der Waals surface area contributed by atoms with Gasteiger partial charge in [-0.2, -0.15) is 0 Å². The number of alkyl halides is 1. The van der Waals surface area contributed by atoms with Gasteiger partial charge in [0.05, 0.1) is 72.1 Å². The summed E-state index contributed by atoms with van der Waals surface area (Å²) in [5, 5.41) is 5.55. The topological polar surface area (TPSA) is 87.3 Å². The van der Waals surface area contributed by atoms with E-state index in [-0.39, 0.29) is 6.54 Å². The largest absolute Gasteiger partial charge is 0.378 e. The predicted molar refractivity (Wildman–Crippen MR) is 101 cm³/mol. The van der Waals surface area contributed by atoms with E-state index in [1.165, 1.54) is 0 Å². The summed E-state index contributed by atoms with van der Waals surface area (Å²) >= 11 is 0. The third-order valence-corrected chi connectivity index (χ3v) is 3.43. The zero-order chi connectivity index (χ0) is 20.2. The van der Waals surface area contributed by atoms with Gasteiger partial charge in [0.1, 0.15) is 6.17 Å². The number of rotatable bonds is 21. The zero-order valence-corrected chi connectivity index (χ0v) is 16.9. The Morgan fingerprint density at radius 1 is 0.815 bits per heavy atom. The fourth-order valence-electron chi connectivity index (χ4n) is 1.91. The van der Waals surface area contributed by atoms with Gasteiger partial charge in [-0.05, 0) is 6.92 Å². The van der Waals surface area contributed by atoms with Crippen molar-refractivity contribution in [2.24, 2.45) is 0 Å². The minimum atomic E-state index is -1.24. The highest BCUT2D eigenvalue weighted by Crippen LogP contribution is 2.02. The van der Waals surface area contributed by atoms with Gasteiger partial charge in [0, 0.05) is 12.6 Å². The van der Waals surface area contributed by atoms with Gasteiger partial charge in [-0.1, -0.05) is 13.8 Å². The highest BCUT2D eigenvalue weighted by atomic mass is 19.1. The molecule has 9 heteroatoms. The first-order chi connectivity index (χ1) is 13.1. The average molecular weight is 397 g/mol. The van der Waals surface area contributed by atoms with E-state index in [1.54, 1.807) is 6.92 Å². The lowest BCUT2D eigenvalue weighted by Gasteiger charge is -2.17. The van der Waals surface area contributed by atoms with Crippen LogP contribution in [-0.2, 0) is 28.5 Å². The molecule has 0 aromatic carbocycles. The van der Waals surface area contributed by atoms with Crippen molar-refractivity contribution in [3.63, 3.8) is 0 Å². The summed E-state index contributed by atoms with van der Waals surface area (Å²) in [6, 6.07) is 0.473. The Morgan fingerprint density at radius 3 is 1.78 bits per heavy atom. The standard InChI is InChI=1S/C18H37FN2O6/c1-16(2)21-4-5-23-6-7-24-8-9-25-10-11-26-12-13-27-17(3)18(19)14-20-15-22/h15-18,21H,4-14H2,1-3H3,(H,20,22). The highest BCUT2D eigenvalue weighted by molar-refractivity contribution is 5.45. The molecule has 0 radical (unpaired) electrons. The maximum absolute atomic E-state index is 13.5. The van der Waals surface area contributed by atoms with Crippen LogP contribution in [0.4, 0.5) is 4.39 Å². The smallest absolute Gasteiger partial charge is 0.207 e. The fourth-order valence-corrected chi connectivity index (χ4v) is 1.91. The Bertz CT molecular complexity index is 326. The summed E-state index contributed by atoms with van der Waals surface area (Å²) in [5.41, 5.74) is 0. The van der Waals surface area contributed by atoms with Crippen molar-refractivity contribution >= 4 is 6.41 Å². The number of hydrogen-bond acceptors (Lipinski definition) is 7. The van der Waals surface area contributed by atoms with E-state index in [2.05, 4.69) is 24.5 Å². The molecule has 2 atom stereocenters. The minimum absolute atomic E-state index is 0.0527. The summed E-state index contributed by atoms with van der Waals surface area (Å²) in [4.78, 5) is 10.1. The first-order valence-corrected chi connectivity index (χ1v) is 9.55. The molecule has 2 N–H and O–H groups in total. The summed E-state index contributed by atoms with van der Waals surface area (Å²) in [6.07, 6.45) is -1.36. The fraction of sp³-hybridized carbons (Fsp3) is 0.944. The molecule has 0 saturated carbocycles. The lowest BCUT2D eigenvalue weighted by Crippen LogP contribution is -2.33. The number of carbonyl (C=O) groups excluding carboxylic acids is 1. The van der Waals surface area contributed by atoms with Gasteiger partial charge < -0.3 is 34.3 Å². The normalized spacial score (nSPS) is 13.7. The van der Waals surface area contributed by atoms with Crippen LogP contribution in [0.15, 0.2) is 0 Å². The molecule has 0 fully saturated rings. The van der Waals surface area contributed by atoms with Crippen LogP contribution in [0, 0.1) is 0 Å². The van der Waals surface area contributed by atoms with E-state index in [1.807, 2.05) is 0 Å². The SMILES string of the molecule is CC(C)NCCOCCOCCOCCOCCOC(C)C(F)CNC=O. The van der Waals surface area contributed by atoms with Crippen molar-refractivity contribution in [1.82, 2.24) is 10.6 Å². The maximum atomic E-state index is 13.5. The molecule has 0 aromatic rings. The van der Waals surface area contributed by atoms with E-state index in [0.29, 0.717) is 71.9 Å². The van der Waals surface area contributed by atoms with E-state index in [9.17, 15) is 9.18 Å². The number of nitrogens with one attached hydrogen (secondary N) is 2. The monoisotopic (exact) mass is 396 g/mol. The summed E-state index contributed by atoms with van der Waals surface area (Å²) in [5.74, 6) is 0. The molecule has 1 amide bonds. The van der Waals surface area contributed by atoms with E-state index in [4.69, 9.17) is 23.7 Å². The molecular formula is C18H37FN2O6. The predicted octanol–water partition coefficient (Wildman–Crippen LogP) is 0.540. The van der Waals surface area contributed by atoms with Gasteiger partial charge in [0.15, 0.2) is 0 Å². The molecular weight excluding hydrogens is 359 g/mol. The van der Waals surface area contributed by atoms with Crippen molar-refractivity contribution in [3.8, 4) is 0 Å². The maximum Gasteiger partial charge on any atom is 0.207 e. The quantitative estimate of drug-likeness (QED) is 0.216. The number of hydrogen-bond donors (Lipinski definition) is 2. The first-order valence-electron chi connectivity index (χ1n) is 9.55. The molecule has 0 spiro atoms. The van der Waals surface area contributed by atoms with Crippen LogP contribution in [0.3, 0.4) is 0 Å². The Hall–Kier alpha value is -0.840. The Balaban J connectivity index is 3.17. The summed E-state index contributed by atoms with van der Waals surface area (Å²) in [6.45, 7) is 11.0. The van der Waals surface area contributed by atoms with Gasteiger partial charge in [-0.15, -0.1) is 0 Å². The molecule has 0 heterocycles. The van der Waals surface area contributed by atoms with E-state index >= 15 is 0 Å². The minimum Gasteiger partial charge on any atom is -0.378 e. The molecule has 0 aliphatic carbocycles. The van der Waals surface area contributed by atoms with Crippen molar-refractivity contribution in [3.05, 3.63) is 0 Å². The highest BCUT2D eigenvalue weighted by Gasteiger charge is 2.15. The second-order valence-corrected chi connectivity index (χ2v) is 6.18. The summed E-state index contributed by atoms with van der Waals surface area (Å²) < 4.78 is 40.3. The Labute approximate surface area is 162 Å². The van der Waals surface area contributed by atoms with Crippen molar-refractivity contribution < 1.29 is 32.9 Å². The lowest BCUT2D eigenvalue weighted by molar-refractivity contribution is -0.110. The van der Waals surface area contributed by atoms with Gasteiger partial charge in [-0.25, -0.2) is 4.39 Å². The zero-order valence-electron chi connectivity index (χ0n) is 16.9. The molecule has 162 valence electrons. The van der Waals surface area contributed by atoms with Crippen molar-refractivity contribution in [1.29, 1.82) is 0 Å². The number of halogens is 1. The molecule has 0 aliphatic heterocycles. The molecule has 27 heavy (non-hydrogen) atoms. The van der Waals surface area contributed by atoms with Gasteiger partial charge in [0.25, 0.3) is 0 Å². The molecule has 0 aromatic heterocycles. The van der Waals surface area contributed by atoms with E-state index < -0.39 is 12.3 Å². The molecule has 0 rings (SSSR count). The molecule has 2 unspecified atom stereocenters. The number of amides is 1. The van der Waals surface area contributed by atoms with Gasteiger partial charge in [0.2, 0.25) is 6.41 Å². The summed E-state index contributed by atoms with van der Waals surface area (Å²) in [7, 11) is 0. The molecule has 0 bridgehead atoms. The van der Waals surface area contributed by atoms with Gasteiger partial charge >= 0.3 is 0 Å². The molecule has 8 nitrogen and oxygen atoms in total. The number of carbonyl (C=O) groups is 1. The van der Waals surface area contributed by atoms with Crippen molar-refractivity contribution in [2.45, 2.75) is 39.1 Å².